The van der Waals surface area contributed by atoms with Crippen molar-refractivity contribution in [2.75, 3.05) is 13.7 Å². The van der Waals surface area contributed by atoms with Gasteiger partial charge in [-0.1, -0.05) is 31.4 Å². The van der Waals surface area contributed by atoms with Crippen LogP contribution in [-0.4, -0.2) is 25.7 Å². The highest BCUT2D eigenvalue weighted by atomic mass is 16.5. The normalized spacial score (nSPS) is 16.4. The Labute approximate surface area is 134 Å². The van der Waals surface area contributed by atoms with Gasteiger partial charge >= 0.3 is 0 Å². The highest BCUT2D eigenvalue weighted by molar-refractivity contribution is 5.80. The van der Waals surface area contributed by atoms with Gasteiger partial charge in [-0.3, -0.25) is 0 Å². The molecular formula is C18H29N3O. The van der Waals surface area contributed by atoms with Gasteiger partial charge in [-0.05, 0) is 43.9 Å². The predicted octanol–water partition coefficient (Wildman–Crippen LogP) is 3.39. The first-order valence-corrected chi connectivity index (χ1v) is 8.41. The van der Waals surface area contributed by atoms with Gasteiger partial charge in [-0.15, -0.1) is 0 Å². The lowest BCUT2D eigenvalue weighted by Crippen LogP contribution is -2.44. The summed E-state index contributed by atoms with van der Waals surface area (Å²) in [6, 6.07) is 6.85. The summed E-state index contributed by atoms with van der Waals surface area (Å²) in [6.07, 6.45) is 6.53. The molecule has 1 saturated carbocycles. The van der Waals surface area contributed by atoms with Crippen molar-refractivity contribution in [3.63, 3.8) is 0 Å². The molecule has 0 spiro atoms. The summed E-state index contributed by atoms with van der Waals surface area (Å²) in [4.78, 5) is 4.72. The highest BCUT2D eigenvalue weighted by Gasteiger charge is 2.14. The number of hydrogen-bond acceptors (Lipinski definition) is 2. The third-order valence-corrected chi connectivity index (χ3v) is 4.18. The summed E-state index contributed by atoms with van der Waals surface area (Å²) >= 11 is 0. The van der Waals surface area contributed by atoms with Crippen LogP contribution >= 0.6 is 0 Å². The van der Waals surface area contributed by atoms with Crippen molar-refractivity contribution in [2.24, 2.45) is 4.99 Å². The molecule has 0 heterocycles. The maximum atomic E-state index is 5.38. The van der Waals surface area contributed by atoms with Gasteiger partial charge in [0, 0.05) is 12.6 Å². The van der Waals surface area contributed by atoms with Gasteiger partial charge < -0.3 is 15.4 Å². The van der Waals surface area contributed by atoms with E-state index in [0.717, 1.165) is 23.8 Å². The van der Waals surface area contributed by atoms with E-state index in [1.165, 1.54) is 37.7 Å². The van der Waals surface area contributed by atoms with Crippen molar-refractivity contribution < 1.29 is 4.74 Å². The summed E-state index contributed by atoms with van der Waals surface area (Å²) in [5.74, 6) is 1.85. The van der Waals surface area contributed by atoms with Gasteiger partial charge in [0.05, 0.1) is 13.7 Å². The molecule has 1 fully saturated rings. The van der Waals surface area contributed by atoms with Crippen molar-refractivity contribution in [3.05, 3.63) is 29.3 Å². The molecule has 0 unspecified atom stereocenters. The first kappa shape index (κ1) is 16.7. The fourth-order valence-electron chi connectivity index (χ4n) is 2.89. The third-order valence-electron chi connectivity index (χ3n) is 4.18. The van der Waals surface area contributed by atoms with E-state index >= 15 is 0 Å². The molecule has 1 aromatic rings. The second-order valence-electron chi connectivity index (χ2n) is 5.98. The number of aryl methyl sites for hydroxylation is 1. The molecule has 4 nitrogen and oxygen atoms in total. The number of guanidine groups is 1. The summed E-state index contributed by atoms with van der Waals surface area (Å²) in [5.41, 5.74) is 2.32. The Balaban J connectivity index is 1.99. The molecule has 122 valence electrons. The van der Waals surface area contributed by atoms with Crippen LogP contribution in [0.15, 0.2) is 23.2 Å². The average molecular weight is 303 g/mol. The minimum atomic E-state index is 0.569. The second kappa shape index (κ2) is 8.66. The summed E-state index contributed by atoms with van der Waals surface area (Å²) in [6.45, 7) is 5.71. The van der Waals surface area contributed by atoms with Crippen molar-refractivity contribution in [2.45, 2.75) is 58.5 Å². The minimum Gasteiger partial charge on any atom is -0.496 e. The van der Waals surface area contributed by atoms with Gasteiger partial charge in [0.1, 0.15) is 5.75 Å². The van der Waals surface area contributed by atoms with Crippen molar-refractivity contribution >= 4 is 5.96 Å². The Kier molecular flexibility index (Phi) is 6.56. The lowest BCUT2D eigenvalue weighted by Gasteiger charge is -2.24. The highest BCUT2D eigenvalue weighted by Crippen LogP contribution is 2.20. The molecule has 2 N–H and O–H groups in total. The van der Waals surface area contributed by atoms with E-state index in [4.69, 9.17) is 9.73 Å². The molecule has 1 aliphatic rings. The van der Waals surface area contributed by atoms with Crippen molar-refractivity contribution in [3.8, 4) is 5.75 Å². The number of aliphatic imine (C=N–C) groups is 1. The quantitative estimate of drug-likeness (QED) is 0.647. The predicted molar refractivity (Wildman–Crippen MR) is 92.6 cm³/mol. The Hall–Kier alpha value is -1.71. The molecule has 0 bridgehead atoms. The molecule has 1 aromatic carbocycles. The Bertz CT molecular complexity index is 493. The fraction of sp³-hybridized carbons (Fsp3) is 0.611. The number of ether oxygens (including phenoxy) is 1. The number of nitrogens with one attached hydrogen (secondary N) is 2. The van der Waals surface area contributed by atoms with Gasteiger partial charge in [-0.25, -0.2) is 4.99 Å². The average Bonchev–Trinajstić information content (AvgIpc) is 2.55. The minimum absolute atomic E-state index is 0.569. The van der Waals surface area contributed by atoms with E-state index in [9.17, 15) is 0 Å². The largest absolute Gasteiger partial charge is 0.496 e. The van der Waals surface area contributed by atoms with Crippen LogP contribution in [0.1, 0.15) is 50.2 Å². The molecule has 1 aliphatic carbocycles. The Morgan fingerprint density at radius 3 is 2.73 bits per heavy atom. The van der Waals surface area contributed by atoms with E-state index in [-0.39, 0.29) is 0 Å². The van der Waals surface area contributed by atoms with E-state index in [1.54, 1.807) is 7.11 Å². The van der Waals surface area contributed by atoms with Crippen LogP contribution in [0.2, 0.25) is 0 Å². The number of methoxy groups -OCH3 is 1. The maximum absolute atomic E-state index is 5.38. The van der Waals surface area contributed by atoms with Gasteiger partial charge in [0.2, 0.25) is 0 Å². The Morgan fingerprint density at radius 1 is 1.27 bits per heavy atom. The fourth-order valence-corrected chi connectivity index (χ4v) is 2.89. The van der Waals surface area contributed by atoms with Crippen LogP contribution in [-0.2, 0) is 6.54 Å². The molecule has 0 aliphatic heterocycles. The lowest BCUT2D eigenvalue weighted by molar-refractivity contribution is 0.409. The number of nitrogens with zero attached hydrogens (tertiary/aromatic N) is 1. The number of benzene rings is 1. The molecule has 0 amide bonds. The molecule has 0 radical (unpaired) electrons. The zero-order valence-corrected chi connectivity index (χ0v) is 14.1. The first-order chi connectivity index (χ1) is 10.7. The van der Waals surface area contributed by atoms with Crippen LogP contribution in [0, 0.1) is 6.92 Å². The third kappa shape index (κ3) is 4.93. The molecular weight excluding hydrogens is 274 g/mol. The SMILES string of the molecule is CCNC(=NCc1ccc(C)c(OC)c1)NC1CCCCC1. The molecule has 2 rings (SSSR count). The standard InChI is InChI=1S/C18H29N3O/c1-4-19-18(21-16-8-6-5-7-9-16)20-13-15-11-10-14(2)17(12-15)22-3/h10-12,16H,4-9,13H2,1-3H3,(H2,19,20,21). The first-order valence-electron chi connectivity index (χ1n) is 8.41. The summed E-state index contributed by atoms with van der Waals surface area (Å²) in [5, 5.41) is 6.92. The zero-order valence-electron chi connectivity index (χ0n) is 14.1. The topological polar surface area (TPSA) is 45.7 Å². The maximum Gasteiger partial charge on any atom is 0.191 e. The van der Waals surface area contributed by atoms with E-state index in [0.29, 0.717) is 12.6 Å². The van der Waals surface area contributed by atoms with E-state index < -0.39 is 0 Å². The van der Waals surface area contributed by atoms with Gasteiger partial charge in [0.25, 0.3) is 0 Å². The van der Waals surface area contributed by atoms with Gasteiger partial charge in [0.15, 0.2) is 5.96 Å². The number of rotatable bonds is 5. The van der Waals surface area contributed by atoms with Crippen LogP contribution in [0.25, 0.3) is 0 Å². The lowest BCUT2D eigenvalue weighted by atomic mass is 9.96. The molecule has 0 saturated heterocycles. The smallest absolute Gasteiger partial charge is 0.191 e. The van der Waals surface area contributed by atoms with Gasteiger partial charge in [-0.2, -0.15) is 0 Å². The molecule has 0 aromatic heterocycles. The van der Waals surface area contributed by atoms with E-state index in [2.05, 4.69) is 42.7 Å². The van der Waals surface area contributed by atoms with Crippen molar-refractivity contribution in [1.82, 2.24) is 10.6 Å². The second-order valence-corrected chi connectivity index (χ2v) is 5.98. The Morgan fingerprint density at radius 2 is 2.05 bits per heavy atom. The van der Waals surface area contributed by atoms with E-state index in [1.807, 2.05) is 0 Å². The monoisotopic (exact) mass is 303 g/mol. The zero-order chi connectivity index (χ0) is 15.8. The molecule has 22 heavy (non-hydrogen) atoms. The van der Waals surface area contributed by atoms with Crippen LogP contribution in [0.5, 0.6) is 5.75 Å². The van der Waals surface area contributed by atoms with Crippen LogP contribution in [0.3, 0.4) is 0 Å². The summed E-state index contributed by atoms with van der Waals surface area (Å²) < 4.78 is 5.38. The summed E-state index contributed by atoms with van der Waals surface area (Å²) in [7, 11) is 1.71. The van der Waals surface area contributed by atoms with Crippen LogP contribution in [0.4, 0.5) is 0 Å². The molecule has 4 heteroatoms. The number of hydrogen-bond donors (Lipinski definition) is 2. The molecule has 0 atom stereocenters. The van der Waals surface area contributed by atoms with Crippen molar-refractivity contribution in [1.29, 1.82) is 0 Å². The van der Waals surface area contributed by atoms with Crippen LogP contribution < -0.4 is 15.4 Å².